The molecule has 1 aromatic rings. The minimum atomic E-state index is -0.0647. The Morgan fingerprint density at radius 2 is 2.16 bits per heavy atom. The summed E-state index contributed by atoms with van der Waals surface area (Å²) < 4.78 is 2.05. The monoisotopic (exact) mass is 327 g/mol. The predicted molar refractivity (Wildman–Crippen MR) is 81.6 cm³/mol. The maximum Gasteiger partial charge on any atom is 0.283 e. The molecule has 5 heteroatoms. The van der Waals surface area contributed by atoms with E-state index >= 15 is 0 Å². The molecule has 0 bridgehead atoms. The van der Waals surface area contributed by atoms with Crippen molar-refractivity contribution in [1.29, 1.82) is 0 Å². The second-order valence-electron chi connectivity index (χ2n) is 5.21. The maximum absolute atomic E-state index is 11.9. The Bertz CT molecular complexity index is 466. The first-order valence-electron chi connectivity index (χ1n) is 7.22. The van der Waals surface area contributed by atoms with Crippen molar-refractivity contribution in [3.05, 3.63) is 21.0 Å². The molecular formula is C14H22BrN3O. The normalized spacial score (nSPS) is 16.5. The SMILES string of the molecule is CCn1ncc(NCCC2CCCCC2)c(Br)c1=O. The van der Waals surface area contributed by atoms with E-state index in [1.807, 2.05) is 6.92 Å². The first kappa shape index (κ1) is 14.6. The van der Waals surface area contributed by atoms with Crippen molar-refractivity contribution in [2.24, 2.45) is 5.92 Å². The van der Waals surface area contributed by atoms with Crippen molar-refractivity contribution in [3.8, 4) is 0 Å². The van der Waals surface area contributed by atoms with Crippen LogP contribution in [0.15, 0.2) is 15.5 Å². The highest BCUT2D eigenvalue weighted by molar-refractivity contribution is 9.10. The van der Waals surface area contributed by atoms with Crippen molar-refractivity contribution in [1.82, 2.24) is 9.78 Å². The number of halogens is 1. The van der Waals surface area contributed by atoms with E-state index in [2.05, 4.69) is 26.3 Å². The average molecular weight is 328 g/mol. The van der Waals surface area contributed by atoms with Crippen LogP contribution < -0.4 is 10.9 Å². The van der Waals surface area contributed by atoms with E-state index in [0.717, 1.165) is 18.2 Å². The van der Waals surface area contributed by atoms with Crippen LogP contribution in [-0.4, -0.2) is 16.3 Å². The molecule has 106 valence electrons. The standard InChI is InChI=1S/C14H22BrN3O/c1-2-18-14(19)13(15)12(10-17-18)16-9-8-11-6-4-3-5-7-11/h10-11,16H,2-9H2,1H3. The van der Waals surface area contributed by atoms with Crippen LogP contribution in [0.5, 0.6) is 0 Å². The predicted octanol–water partition coefficient (Wildman–Crippen LogP) is 3.41. The fraction of sp³-hybridized carbons (Fsp3) is 0.714. The summed E-state index contributed by atoms with van der Waals surface area (Å²) in [6.45, 7) is 3.43. The van der Waals surface area contributed by atoms with Gasteiger partial charge in [0, 0.05) is 13.1 Å². The van der Waals surface area contributed by atoms with Gasteiger partial charge in [-0.15, -0.1) is 0 Å². The van der Waals surface area contributed by atoms with E-state index in [-0.39, 0.29) is 5.56 Å². The number of aromatic nitrogens is 2. The van der Waals surface area contributed by atoms with Crippen molar-refractivity contribution in [2.75, 3.05) is 11.9 Å². The first-order chi connectivity index (χ1) is 9.22. The highest BCUT2D eigenvalue weighted by Gasteiger charge is 2.13. The lowest BCUT2D eigenvalue weighted by Crippen LogP contribution is -2.24. The molecule has 0 atom stereocenters. The highest BCUT2D eigenvalue weighted by atomic mass is 79.9. The van der Waals surface area contributed by atoms with Crippen LogP contribution >= 0.6 is 15.9 Å². The summed E-state index contributed by atoms with van der Waals surface area (Å²) in [5, 5.41) is 7.46. The van der Waals surface area contributed by atoms with E-state index in [1.54, 1.807) is 6.20 Å². The minimum Gasteiger partial charge on any atom is -0.383 e. The molecule has 1 aliphatic carbocycles. The Balaban J connectivity index is 1.89. The number of hydrogen-bond donors (Lipinski definition) is 1. The summed E-state index contributed by atoms with van der Waals surface area (Å²) in [4.78, 5) is 11.9. The number of nitrogens with one attached hydrogen (secondary N) is 1. The zero-order valence-electron chi connectivity index (χ0n) is 11.5. The Morgan fingerprint density at radius 3 is 2.84 bits per heavy atom. The summed E-state index contributed by atoms with van der Waals surface area (Å²) in [6.07, 6.45) is 9.79. The Morgan fingerprint density at radius 1 is 1.42 bits per heavy atom. The second-order valence-corrected chi connectivity index (χ2v) is 6.01. The van der Waals surface area contributed by atoms with Crippen LogP contribution in [0.1, 0.15) is 45.4 Å². The molecule has 1 fully saturated rings. The molecule has 2 rings (SSSR count). The summed E-state index contributed by atoms with van der Waals surface area (Å²) in [7, 11) is 0. The summed E-state index contributed by atoms with van der Waals surface area (Å²) in [6, 6.07) is 0. The van der Waals surface area contributed by atoms with Crippen molar-refractivity contribution in [3.63, 3.8) is 0 Å². The van der Waals surface area contributed by atoms with Gasteiger partial charge in [-0.1, -0.05) is 32.1 Å². The van der Waals surface area contributed by atoms with Gasteiger partial charge in [0.2, 0.25) is 0 Å². The molecule has 0 radical (unpaired) electrons. The van der Waals surface area contributed by atoms with Gasteiger partial charge in [0.15, 0.2) is 0 Å². The highest BCUT2D eigenvalue weighted by Crippen LogP contribution is 2.26. The third-order valence-corrected chi connectivity index (χ3v) is 4.64. The number of rotatable bonds is 5. The van der Waals surface area contributed by atoms with Gasteiger partial charge in [0.25, 0.3) is 5.56 Å². The van der Waals surface area contributed by atoms with Crippen molar-refractivity contribution in [2.45, 2.75) is 52.0 Å². The number of nitrogens with zero attached hydrogens (tertiary/aromatic N) is 2. The molecule has 0 amide bonds. The van der Waals surface area contributed by atoms with Gasteiger partial charge in [0.1, 0.15) is 4.47 Å². The Labute approximate surface area is 122 Å². The lowest BCUT2D eigenvalue weighted by atomic mass is 9.87. The third-order valence-electron chi connectivity index (χ3n) is 3.88. The molecule has 1 N–H and O–H groups in total. The Kier molecular flexibility index (Phi) is 5.43. The maximum atomic E-state index is 11.9. The van der Waals surface area contributed by atoms with Gasteiger partial charge in [-0.05, 0) is 35.2 Å². The quantitative estimate of drug-likeness (QED) is 0.901. The third kappa shape index (κ3) is 3.81. The zero-order valence-corrected chi connectivity index (χ0v) is 13.1. The van der Waals surface area contributed by atoms with E-state index in [9.17, 15) is 4.79 Å². The zero-order chi connectivity index (χ0) is 13.7. The lowest BCUT2D eigenvalue weighted by molar-refractivity contribution is 0.345. The molecule has 19 heavy (non-hydrogen) atoms. The van der Waals surface area contributed by atoms with Crippen LogP contribution in [0, 0.1) is 5.92 Å². The van der Waals surface area contributed by atoms with Gasteiger partial charge in [0.05, 0.1) is 11.9 Å². The molecular weight excluding hydrogens is 306 g/mol. The fourth-order valence-corrected chi connectivity index (χ4v) is 3.15. The van der Waals surface area contributed by atoms with Gasteiger partial charge in [-0.3, -0.25) is 4.79 Å². The molecule has 1 heterocycles. The van der Waals surface area contributed by atoms with Gasteiger partial charge in [-0.25, -0.2) is 4.68 Å². The van der Waals surface area contributed by atoms with E-state index < -0.39 is 0 Å². The largest absolute Gasteiger partial charge is 0.383 e. The topological polar surface area (TPSA) is 46.9 Å². The molecule has 1 aliphatic rings. The van der Waals surface area contributed by atoms with Crippen molar-refractivity contribution >= 4 is 21.6 Å². The van der Waals surface area contributed by atoms with Crippen LogP contribution in [0.2, 0.25) is 0 Å². The molecule has 1 aromatic heterocycles. The van der Waals surface area contributed by atoms with Gasteiger partial charge < -0.3 is 5.32 Å². The fourth-order valence-electron chi connectivity index (χ4n) is 2.70. The Hall–Kier alpha value is -0.840. The molecule has 4 nitrogen and oxygen atoms in total. The summed E-state index contributed by atoms with van der Waals surface area (Å²) in [5.74, 6) is 0.851. The van der Waals surface area contributed by atoms with E-state index in [1.165, 1.54) is 43.2 Å². The number of anilines is 1. The average Bonchev–Trinajstić information content (AvgIpc) is 2.45. The van der Waals surface area contributed by atoms with Crippen LogP contribution in [0.3, 0.4) is 0 Å². The van der Waals surface area contributed by atoms with Crippen LogP contribution in [-0.2, 0) is 6.54 Å². The smallest absolute Gasteiger partial charge is 0.283 e. The summed E-state index contributed by atoms with van der Waals surface area (Å²) in [5.41, 5.74) is 0.746. The van der Waals surface area contributed by atoms with Crippen molar-refractivity contribution < 1.29 is 0 Å². The number of aryl methyl sites for hydroxylation is 1. The van der Waals surface area contributed by atoms with E-state index in [4.69, 9.17) is 0 Å². The van der Waals surface area contributed by atoms with Crippen LogP contribution in [0.4, 0.5) is 5.69 Å². The van der Waals surface area contributed by atoms with Gasteiger partial charge >= 0.3 is 0 Å². The molecule has 1 saturated carbocycles. The minimum absolute atomic E-state index is 0.0647. The first-order valence-corrected chi connectivity index (χ1v) is 8.01. The molecule has 0 aromatic carbocycles. The lowest BCUT2D eigenvalue weighted by Gasteiger charge is -2.21. The summed E-state index contributed by atoms with van der Waals surface area (Å²) >= 11 is 3.36. The van der Waals surface area contributed by atoms with Crippen LogP contribution in [0.25, 0.3) is 0 Å². The molecule has 0 spiro atoms. The molecule has 0 aliphatic heterocycles. The molecule has 0 unspecified atom stereocenters. The second kappa shape index (κ2) is 7.08. The van der Waals surface area contributed by atoms with Gasteiger partial charge in [-0.2, -0.15) is 5.10 Å². The number of hydrogen-bond acceptors (Lipinski definition) is 3. The van der Waals surface area contributed by atoms with E-state index in [0.29, 0.717) is 11.0 Å². The molecule has 0 saturated heterocycles.